The van der Waals surface area contributed by atoms with Crippen LogP contribution in [0.1, 0.15) is 6.42 Å². The van der Waals surface area contributed by atoms with E-state index in [4.69, 9.17) is 11.6 Å². The first-order valence-corrected chi connectivity index (χ1v) is 7.51. The average Bonchev–Trinajstić information content (AvgIpc) is 2.89. The molecule has 1 fully saturated rings. The molecular formula is C16H14ClN3O3. The standard InChI is InChI=1S/C16H14ClN3O3/c17-11-4-3-5-12(10-11)19-9-8-14(16(19)21)18-13-6-1-2-7-15(13)20(22)23/h1-7,10,14,18H,8-9H2. The summed E-state index contributed by atoms with van der Waals surface area (Å²) >= 11 is 5.96. The van der Waals surface area contributed by atoms with Gasteiger partial charge in [0.2, 0.25) is 5.91 Å². The normalized spacial score (nSPS) is 17.3. The van der Waals surface area contributed by atoms with Crippen LogP contribution in [0, 0.1) is 10.1 Å². The van der Waals surface area contributed by atoms with E-state index in [0.717, 1.165) is 5.69 Å². The summed E-state index contributed by atoms with van der Waals surface area (Å²) in [5, 5.41) is 14.6. The Morgan fingerprint density at radius 3 is 2.74 bits per heavy atom. The number of halogens is 1. The average molecular weight is 332 g/mol. The maximum atomic E-state index is 12.6. The molecule has 0 radical (unpaired) electrons. The second-order valence-corrected chi connectivity index (χ2v) is 5.67. The molecule has 0 aliphatic carbocycles. The molecule has 2 aromatic carbocycles. The quantitative estimate of drug-likeness (QED) is 0.687. The lowest BCUT2D eigenvalue weighted by molar-refractivity contribution is -0.384. The van der Waals surface area contributed by atoms with Crippen molar-refractivity contribution in [1.29, 1.82) is 0 Å². The molecule has 1 aliphatic rings. The second kappa shape index (κ2) is 6.26. The van der Waals surface area contributed by atoms with E-state index in [-0.39, 0.29) is 11.6 Å². The fraction of sp³-hybridized carbons (Fsp3) is 0.188. The number of nitro benzene ring substituents is 1. The minimum absolute atomic E-state index is 0.0403. The molecule has 0 spiro atoms. The summed E-state index contributed by atoms with van der Waals surface area (Å²) in [4.78, 5) is 24.8. The molecule has 23 heavy (non-hydrogen) atoms. The predicted octanol–water partition coefficient (Wildman–Crippen LogP) is 3.47. The van der Waals surface area contributed by atoms with E-state index in [1.54, 1.807) is 41.3 Å². The van der Waals surface area contributed by atoms with Crippen molar-refractivity contribution in [2.75, 3.05) is 16.8 Å². The van der Waals surface area contributed by atoms with E-state index in [0.29, 0.717) is 23.7 Å². The van der Waals surface area contributed by atoms with E-state index in [2.05, 4.69) is 5.32 Å². The molecule has 1 atom stereocenters. The van der Waals surface area contributed by atoms with Gasteiger partial charge >= 0.3 is 0 Å². The van der Waals surface area contributed by atoms with Crippen molar-refractivity contribution < 1.29 is 9.72 Å². The molecule has 1 amide bonds. The molecule has 118 valence electrons. The number of nitrogens with zero attached hydrogens (tertiary/aromatic N) is 2. The molecule has 1 heterocycles. The van der Waals surface area contributed by atoms with Crippen LogP contribution in [0.4, 0.5) is 17.1 Å². The van der Waals surface area contributed by atoms with Gasteiger partial charge in [-0.05, 0) is 30.7 Å². The third-order valence-electron chi connectivity index (χ3n) is 3.76. The Labute approximate surface area is 137 Å². The molecule has 1 unspecified atom stereocenters. The van der Waals surface area contributed by atoms with Crippen molar-refractivity contribution in [2.45, 2.75) is 12.5 Å². The van der Waals surface area contributed by atoms with Crippen molar-refractivity contribution in [1.82, 2.24) is 0 Å². The van der Waals surface area contributed by atoms with Gasteiger partial charge in [0.05, 0.1) is 4.92 Å². The summed E-state index contributed by atoms with van der Waals surface area (Å²) in [6, 6.07) is 12.9. The summed E-state index contributed by atoms with van der Waals surface area (Å²) in [5.74, 6) is -0.120. The number of para-hydroxylation sites is 2. The van der Waals surface area contributed by atoms with Gasteiger partial charge in [-0.1, -0.05) is 29.8 Å². The SMILES string of the molecule is O=C1C(Nc2ccccc2[N+](=O)[O-])CCN1c1cccc(Cl)c1. The monoisotopic (exact) mass is 331 g/mol. The number of carbonyl (C=O) groups excluding carboxylic acids is 1. The number of hydrogen-bond acceptors (Lipinski definition) is 4. The van der Waals surface area contributed by atoms with Crippen LogP contribution in [0.2, 0.25) is 5.02 Å². The Morgan fingerprint density at radius 1 is 1.22 bits per heavy atom. The zero-order valence-electron chi connectivity index (χ0n) is 12.1. The first-order valence-electron chi connectivity index (χ1n) is 7.13. The number of benzene rings is 2. The van der Waals surface area contributed by atoms with Crippen LogP contribution in [-0.2, 0) is 4.79 Å². The fourth-order valence-corrected chi connectivity index (χ4v) is 2.84. The maximum absolute atomic E-state index is 12.6. The zero-order chi connectivity index (χ0) is 16.4. The molecule has 0 saturated carbocycles. The Hall–Kier alpha value is -2.60. The number of rotatable bonds is 4. The first-order chi connectivity index (χ1) is 11.1. The smallest absolute Gasteiger partial charge is 0.292 e. The number of nitrogens with one attached hydrogen (secondary N) is 1. The van der Waals surface area contributed by atoms with Crippen LogP contribution in [0.25, 0.3) is 0 Å². The molecule has 3 rings (SSSR count). The van der Waals surface area contributed by atoms with E-state index in [9.17, 15) is 14.9 Å². The van der Waals surface area contributed by atoms with Gasteiger partial charge in [-0.25, -0.2) is 0 Å². The van der Waals surface area contributed by atoms with Gasteiger partial charge in [-0.2, -0.15) is 0 Å². The van der Waals surface area contributed by atoms with E-state index in [1.807, 2.05) is 6.07 Å². The molecule has 2 aromatic rings. The molecule has 1 saturated heterocycles. The molecule has 7 heteroatoms. The lowest BCUT2D eigenvalue weighted by Gasteiger charge is -2.18. The number of nitro groups is 1. The first kappa shape index (κ1) is 15.3. The van der Waals surface area contributed by atoms with Crippen molar-refractivity contribution in [2.24, 2.45) is 0 Å². The van der Waals surface area contributed by atoms with Crippen molar-refractivity contribution in [3.63, 3.8) is 0 Å². The molecule has 1 N–H and O–H groups in total. The van der Waals surface area contributed by atoms with Crippen LogP contribution >= 0.6 is 11.6 Å². The molecule has 0 aromatic heterocycles. The molecule has 6 nitrogen and oxygen atoms in total. The van der Waals surface area contributed by atoms with Gasteiger partial charge in [0.25, 0.3) is 5.69 Å². The Morgan fingerprint density at radius 2 is 2.00 bits per heavy atom. The third-order valence-corrected chi connectivity index (χ3v) is 3.99. The van der Waals surface area contributed by atoms with E-state index in [1.165, 1.54) is 6.07 Å². The maximum Gasteiger partial charge on any atom is 0.292 e. The molecular weight excluding hydrogens is 318 g/mol. The van der Waals surface area contributed by atoms with Crippen LogP contribution < -0.4 is 10.2 Å². The third kappa shape index (κ3) is 3.12. The zero-order valence-corrected chi connectivity index (χ0v) is 12.9. The summed E-state index contributed by atoms with van der Waals surface area (Å²) < 4.78 is 0. The second-order valence-electron chi connectivity index (χ2n) is 5.23. The minimum Gasteiger partial charge on any atom is -0.368 e. The number of amides is 1. The largest absolute Gasteiger partial charge is 0.368 e. The van der Waals surface area contributed by atoms with Crippen molar-refractivity contribution in [3.05, 3.63) is 63.7 Å². The van der Waals surface area contributed by atoms with Crippen LogP contribution in [0.3, 0.4) is 0 Å². The van der Waals surface area contributed by atoms with Gasteiger partial charge in [0.15, 0.2) is 0 Å². The Bertz CT molecular complexity index is 766. The van der Waals surface area contributed by atoms with Crippen LogP contribution in [0.15, 0.2) is 48.5 Å². The fourth-order valence-electron chi connectivity index (χ4n) is 2.66. The molecule has 1 aliphatic heterocycles. The van der Waals surface area contributed by atoms with Crippen LogP contribution in [0.5, 0.6) is 0 Å². The molecule has 0 bridgehead atoms. The van der Waals surface area contributed by atoms with Crippen molar-refractivity contribution >= 4 is 34.6 Å². The number of carbonyl (C=O) groups is 1. The number of anilines is 2. The summed E-state index contributed by atoms with van der Waals surface area (Å²) in [5.41, 5.74) is 1.04. The Kier molecular flexibility index (Phi) is 4.16. The number of hydrogen-bond donors (Lipinski definition) is 1. The lowest BCUT2D eigenvalue weighted by atomic mass is 10.2. The van der Waals surface area contributed by atoms with Crippen LogP contribution in [-0.4, -0.2) is 23.4 Å². The highest BCUT2D eigenvalue weighted by Crippen LogP contribution is 2.29. The van der Waals surface area contributed by atoms with Gasteiger partial charge in [-0.3, -0.25) is 14.9 Å². The van der Waals surface area contributed by atoms with Gasteiger partial charge in [-0.15, -0.1) is 0 Å². The van der Waals surface area contributed by atoms with Gasteiger partial charge < -0.3 is 10.2 Å². The van der Waals surface area contributed by atoms with E-state index < -0.39 is 11.0 Å². The highest BCUT2D eigenvalue weighted by atomic mass is 35.5. The summed E-state index contributed by atoms with van der Waals surface area (Å²) in [6.45, 7) is 0.539. The topological polar surface area (TPSA) is 75.5 Å². The van der Waals surface area contributed by atoms with Gasteiger partial charge in [0.1, 0.15) is 11.7 Å². The van der Waals surface area contributed by atoms with Crippen molar-refractivity contribution in [3.8, 4) is 0 Å². The highest BCUT2D eigenvalue weighted by molar-refractivity contribution is 6.31. The highest BCUT2D eigenvalue weighted by Gasteiger charge is 2.33. The van der Waals surface area contributed by atoms with Gasteiger partial charge in [0, 0.05) is 23.3 Å². The lowest BCUT2D eigenvalue weighted by Crippen LogP contribution is -2.33. The predicted molar refractivity (Wildman–Crippen MR) is 88.9 cm³/mol. The minimum atomic E-state index is -0.491. The summed E-state index contributed by atoms with van der Waals surface area (Å²) in [6.07, 6.45) is 0.567. The summed E-state index contributed by atoms with van der Waals surface area (Å²) in [7, 11) is 0. The Balaban J connectivity index is 1.79. The van der Waals surface area contributed by atoms with E-state index >= 15 is 0 Å².